The number of nitrogens with one attached hydrogen (secondary N) is 2. The van der Waals surface area contributed by atoms with E-state index in [0.29, 0.717) is 34.1 Å². The molecule has 0 aliphatic heterocycles. The van der Waals surface area contributed by atoms with Crippen molar-refractivity contribution < 1.29 is 19.0 Å². The first-order chi connectivity index (χ1) is 11.6. The second kappa shape index (κ2) is 7.87. The van der Waals surface area contributed by atoms with Gasteiger partial charge in [-0.05, 0) is 24.3 Å². The van der Waals surface area contributed by atoms with Crippen LogP contribution in [0, 0.1) is 0 Å². The molecule has 2 rings (SSSR count). The Labute approximate surface area is 140 Å². The molecular weight excluding hydrogens is 310 g/mol. The summed E-state index contributed by atoms with van der Waals surface area (Å²) in [6, 6.07) is 6.80. The summed E-state index contributed by atoms with van der Waals surface area (Å²) < 4.78 is 15.9. The third-order valence-corrected chi connectivity index (χ3v) is 3.26. The van der Waals surface area contributed by atoms with Gasteiger partial charge in [0.15, 0.2) is 11.5 Å². The number of benzene rings is 1. The predicted molar refractivity (Wildman–Crippen MR) is 90.0 cm³/mol. The highest BCUT2D eigenvalue weighted by Crippen LogP contribution is 2.39. The smallest absolute Gasteiger partial charge is 0.271 e. The van der Waals surface area contributed by atoms with Crippen LogP contribution in [0.5, 0.6) is 17.2 Å². The summed E-state index contributed by atoms with van der Waals surface area (Å²) in [6.07, 6.45) is 3.07. The van der Waals surface area contributed by atoms with Crippen molar-refractivity contribution in [3.63, 3.8) is 0 Å². The molecule has 0 atom stereocenters. The minimum Gasteiger partial charge on any atom is -0.493 e. The molecule has 0 unspecified atom stereocenters. The van der Waals surface area contributed by atoms with Crippen LogP contribution in [0.2, 0.25) is 0 Å². The Morgan fingerprint density at radius 1 is 1.04 bits per heavy atom. The monoisotopic (exact) mass is 329 g/mol. The van der Waals surface area contributed by atoms with Crippen LogP contribution in [-0.2, 0) is 0 Å². The number of hydrazine groups is 1. The molecule has 2 N–H and O–H groups in total. The molecule has 1 heterocycles. The fourth-order valence-electron chi connectivity index (χ4n) is 2.03. The summed E-state index contributed by atoms with van der Waals surface area (Å²) in [6.45, 7) is 3.90. The number of aromatic nitrogens is 1. The highest BCUT2D eigenvalue weighted by atomic mass is 16.5. The highest BCUT2D eigenvalue weighted by molar-refractivity contribution is 5.94. The van der Waals surface area contributed by atoms with Gasteiger partial charge in [-0.2, -0.15) is 0 Å². The standard InChI is InChI=1S/C17H19N3O4/c1-11(19-20-17(21)12-6-5-7-18-10-12)13-8-14(22-2)16(24-4)15(9-13)23-3/h5-10,19H,1H2,2-4H3,(H,20,21). The van der Waals surface area contributed by atoms with E-state index in [-0.39, 0.29) is 5.91 Å². The number of amides is 1. The summed E-state index contributed by atoms with van der Waals surface area (Å²) in [4.78, 5) is 15.9. The van der Waals surface area contributed by atoms with Gasteiger partial charge in [0, 0.05) is 18.0 Å². The van der Waals surface area contributed by atoms with Crippen LogP contribution in [0.25, 0.3) is 5.70 Å². The second-order valence-corrected chi connectivity index (χ2v) is 4.71. The fraction of sp³-hybridized carbons (Fsp3) is 0.176. The van der Waals surface area contributed by atoms with Crippen LogP contribution < -0.4 is 25.1 Å². The number of carbonyl (C=O) groups excluding carboxylic acids is 1. The molecule has 1 aromatic heterocycles. The number of hydrogen-bond acceptors (Lipinski definition) is 6. The number of ether oxygens (including phenoxy) is 3. The van der Waals surface area contributed by atoms with E-state index in [4.69, 9.17) is 14.2 Å². The van der Waals surface area contributed by atoms with Gasteiger partial charge < -0.3 is 14.2 Å². The number of hydrogen-bond donors (Lipinski definition) is 2. The van der Waals surface area contributed by atoms with Gasteiger partial charge in [-0.25, -0.2) is 0 Å². The molecule has 1 aromatic carbocycles. The van der Waals surface area contributed by atoms with E-state index in [1.165, 1.54) is 27.5 Å². The van der Waals surface area contributed by atoms with Gasteiger partial charge in [-0.3, -0.25) is 20.6 Å². The number of nitrogens with zero attached hydrogens (tertiary/aromatic N) is 1. The molecule has 0 fully saturated rings. The molecule has 2 aromatic rings. The SMILES string of the molecule is C=C(NNC(=O)c1cccnc1)c1cc(OC)c(OC)c(OC)c1. The summed E-state index contributed by atoms with van der Waals surface area (Å²) in [5.41, 5.74) is 6.90. The van der Waals surface area contributed by atoms with Crippen LogP contribution in [0.1, 0.15) is 15.9 Å². The number of methoxy groups -OCH3 is 3. The van der Waals surface area contributed by atoms with Gasteiger partial charge in [0.05, 0.1) is 32.6 Å². The minimum atomic E-state index is -0.323. The summed E-state index contributed by atoms with van der Waals surface area (Å²) in [5.74, 6) is 1.15. The van der Waals surface area contributed by atoms with Crippen molar-refractivity contribution in [3.8, 4) is 17.2 Å². The summed E-state index contributed by atoms with van der Waals surface area (Å²) in [5, 5.41) is 0. The number of carbonyl (C=O) groups is 1. The van der Waals surface area contributed by atoms with E-state index in [1.807, 2.05) is 0 Å². The van der Waals surface area contributed by atoms with Gasteiger partial charge in [0.2, 0.25) is 5.75 Å². The van der Waals surface area contributed by atoms with Gasteiger partial charge in [-0.1, -0.05) is 6.58 Å². The Bertz CT molecular complexity index is 707. The Hall–Kier alpha value is -3.22. The molecule has 0 spiro atoms. The molecule has 1 amide bonds. The zero-order valence-electron chi connectivity index (χ0n) is 13.8. The Balaban J connectivity index is 2.13. The van der Waals surface area contributed by atoms with E-state index < -0.39 is 0 Å². The van der Waals surface area contributed by atoms with Crippen LogP contribution >= 0.6 is 0 Å². The molecule has 0 aliphatic carbocycles. The fourth-order valence-corrected chi connectivity index (χ4v) is 2.03. The van der Waals surface area contributed by atoms with Crippen LogP contribution in [0.3, 0.4) is 0 Å². The van der Waals surface area contributed by atoms with E-state index in [1.54, 1.807) is 30.5 Å². The van der Waals surface area contributed by atoms with E-state index >= 15 is 0 Å². The Kier molecular flexibility index (Phi) is 5.62. The maximum atomic E-state index is 12.0. The van der Waals surface area contributed by atoms with Gasteiger partial charge in [-0.15, -0.1) is 0 Å². The van der Waals surface area contributed by atoms with Crippen LogP contribution in [0.4, 0.5) is 0 Å². The molecule has 0 aliphatic rings. The van der Waals surface area contributed by atoms with E-state index in [2.05, 4.69) is 22.4 Å². The average molecular weight is 329 g/mol. The Morgan fingerprint density at radius 2 is 1.71 bits per heavy atom. The van der Waals surface area contributed by atoms with Crippen molar-refractivity contribution in [1.82, 2.24) is 15.8 Å². The average Bonchev–Trinajstić information content (AvgIpc) is 2.65. The largest absolute Gasteiger partial charge is 0.493 e. The predicted octanol–water partition coefficient (Wildman–Crippen LogP) is 2.01. The molecule has 0 saturated heterocycles. The molecule has 24 heavy (non-hydrogen) atoms. The van der Waals surface area contributed by atoms with Crippen molar-refractivity contribution >= 4 is 11.6 Å². The molecular formula is C17H19N3O4. The number of pyridine rings is 1. The topological polar surface area (TPSA) is 81.7 Å². The molecule has 0 saturated carbocycles. The molecule has 0 bridgehead atoms. The molecule has 126 valence electrons. The van der Waals surface area contributed by atoms with Crippen molar-refractivity contribution in [3.05, 3.63) is 54.4 Å². The van der Waals surface area contributed by atoms with Crippen LogP contribution in [0.15, 0.2) is 43.2 Å². The second-order valence-electron chi connectivity index (χ2n) is 4.71. The van der Waals surface area contributed by atoms with E-state index in [0.717, 1.165) is 0 Å². The third kappa shape index (κ3) is 3.75. The van der Waals surface area contributed by atoms with E-state index in [9.17, 15) is 4.79 Å². The summed E-state index contributed by atoms with van der Waals surface area (Å²) in [7, 11) is 4.59. The first kappa shape index (κ1) is 17.1. The summed E-state index contributed by atoms with van der Waals surface area (Å²) >= 11 is 0. The Morgan fingerprint density at radius 3 is 2.21 bits per heavy atom. The lowest BCUT2D eigenvalue weighted by Crippen LogP contribution is -2.35. The van der Waals surface area contributed by atoms with Gasteiger partial charge >= 0.3 is 0 Å². The lowest BCUT2D eigenvalue weighted by molar-refractivity contribution is 0.0942. The highest BCUT2D eigenvalue weighted by Gasteiger charge is 2.15. The zero-order chi connectivity index (χ0) is 17.5. The lowest BCUT2D eigenvalue weighted by Gasteiger charge is -2.16. The maximum Gasteiger partial charge on any atom is 0.271 e. The minimum absolute atomic E-state index is 0.323. The van der Waals surface area contributed by atoms with Crippen LogP contribution in [-0.4, -0.2) is 32.2 Å². The molecule has 0 radical (unpaired) electrons. The lowest BCUT2D eigenvalue weighted by atomic mass is 10.1. The maximum absolute atomic E-state index is 12.0. The number of rotatable bonds is 7. The van der Waals surface area contributed by atoms with Crippen molar-refractivity contribution in [2.45, 2.75) is 0 Å². The first-order valence-corrected chi connectivity index (χ1v) is 7.06. The molecule has 7 nitrogen and oxygen atoms in total. The van der Waals surface area contributed by atoms with Crippen molar-refractivity contribution in [2.24, 2.45) is 0 Å². The van der Waals surface area contributed by atoms with Gasteiger partial charge in [0.25, 0.3) is 5.91 Å². The zero-order valence-corrected chi connectivity index (χ0v) is 13.8. The first-order valence-electron chi connectivity index (χ1n) is 7.06. The molecule has 7 heteroatoms. The quantitative estimate of drug-likeness (QED) is 0.756. The van der Waals surface area contributed by atoms with Crippen molar-refractivity contribution in [2.75, 3.05) is 21.3 Å². The third-order valence-electron chi connectivity index (χ3n) is 3.26. The van der Waals surface area contributed by atoms with Crippen molar-refractivity contribution in [1.29, 1.82) is 0 Å². The normalized spacial score (nSPS) is 9.79. The van der Waals surface area contributed by atoms with Gasteiger partial charge in [0.1, 0.15) is 0 Å².